The number of fused-ring (bicyclic) bond motifs is 2. The van der Waals surface area contributed by atoms with E-state index in [1.165, 1.54) is 17.8 Å². The second-order valence-corrected chi connectivity index (χ2v) is 6.86. The van der Waals surface area contributed by atoms with Crippen molar-refractivity contribution in [3.8, 4) is 0 Å². The summed E-state index contributed by atoms with van der Waals surface area (Å²) in [6.45, 7) is 0.539. The number of carbonyl (C=O) groups excluding carboxylic acids is 1. The first kappa shape index (κ1) is 16.5. The highest BCUT2D eigenvalue weighted by Crippen LogP contribution is 2.32. The number of amides is 1. The average molecular weight is 366 g/mol. The normalized spacial score (nSPS) is 13.0. The molecule has 0 spiro atoms. The Morgan fingerprint density at radius 2 is 2.12 bits per heavy atom. The second kappa shape index (κ2) is 6.72. The van der Waals surface area contributed by atoms with Gasteiger partial charge >= 0.3 is 0 Å². The van der Waals surface area contributed by atoms with E-state index in [2.05, 4.69) is 10.2 Å². The number of non-ortho nitro benzene ring substituents is 1. The Labute approximate surface area is 153 Å². The Bertz CT molecular complexity index is 1020. The number of nitrogens with zero attached hydrogens (tertiary/aromatic N) is 4. The van der Waals surface area contributed by atoms with Crippen LogP contribution in [0.2, 0.25) is 0 Å². The van der Waals surface area contributed by atoms with Crippen LogP contribution in [0.1, 0.15) is 5.56 Å². The Hall–Kier alpha value is -3.00. The number of anilines is 1. The van der Waals surface area contributed by atoms with Crippen LogP contribution in [0.25, 0.3) is 10.8 Å². The monoisotopic (exact) mass is 366 g/mol. The van der Waals surface area contributed by atoms with Gasteiger partial charge in [-0.25, -0.2) is 0 Å². The molecular weight excluding hydrogens is 352 g/mol. The lowest BCUT2D eigenvalue weighted by Gasteiger charge is -2.17. The molecule has 0 fully saturated rings. The Kier molecular flexibility index (Phi) is 4.26. The van der Waals surface area contributed by atoms with Gasteiger partial charge in [-0.1, -0.05) is 36.0 Å². The third-order valence-electron chi connectivity index (χ3n) is 4.34. The quantitative estimate of drug-likeness (QED) is 0.400. The minimum atomic E-state index is -0.417. The smallest absolute Gasteiger partial charge is 0.269 e. The van der Waals surface area contributed by atoms with Gasteiger partial charge in [0, 0.05) is 35.1 Å². The van der Waals surface area contributed by atoms with E-state index in [0.717, 1.165) is 27.0 Å². The lowest BCUT2D eigenvalue weighted by molar-refractivity contribution is -0.384. The van der Waals surface area contributed by atoms with Gasteiger partial charge in [0.05, 0.1) is 16.9 Å². The lowest BCUT2D eigenvalue weighted by Crippen LogP contribution is -2.30. The van der Waals surface area contributed by atoms with E-state index in [0.29, 0.717) is 13.0 Å². The van der Waals surface area contributed by atoms with Crippen LogP contribution >= 0.6 is 11.8 Å². The van der Waals surface area contributed by atoms with E-state index in [1.807, 2.05) is 24.3 Å². The van der Waals surface area contributed by atoms with Crippen LogP contribution in [0.15, 0.2) is 53.7 Å². The number of hydrogen-bond acceptors (Lipinski definition) is 6. The van der Waals surface area contributed by atoms with Crippen molar-refractivity contribution >= 4 is 39.8 Å². The van der Waals surface area contributed by atoms with Crippen molar-refractivity contribution in [2.75, 3.05) is 17.2 Å². The van der Waals surface area contributed by atoms with Gasteiger partial charge < -0.3 is 4.90 Å². The first-order valence-electron chi connectivity index (χ1n) is 8.04. The fourth-order valence-electron chi connectivity index (χ4n) is 3.08. The van der Waals surface area contributed by atoms with Crippen LogP contribution in [0.3, 0.4) is 0 Å². The van der Waals surface area contributed by atoms with Crippen LogP contribution in [0.4, 0.5) is 11.4 Å². The van der Waals surface area contributed by atoms with Crippen LogP contribution in [0, 0.1) is 10.1 Å². The Balaban J connectivity index is 1.51. The highest BCUT2D eigenvalue weighted by molar-refractivity contribution is 8.00. The van der Waals surface area contributed by atoms with E-state index >= 15 is 0 Å². The summed E-state index contributed by atoms with van der Waals surface area (Å²) in [4.78, 5) is 24.8. The topological polar surface area (TPSA) is 89.2 Å². The summed E-state index contributed by atoms with van der Waals surface area (Å²) >= 11 is 1.35. The molecular formula is C18H14N4O3S. The van der Waals surface area contributed by atoms with Crippen molar-refractivity contribution in [3.05, 3.63) is 64.3 Å². The number of thioether (sulfide) groups is 1. The third kappa shape index (κ3) is 2.99. The molecule has 7 nitrogen and oxygen atoms in total. The maximum Gasteiger partial charge on any atom is 0.269 e. The van der Waals surface area contributed by atoms with Crippen LogP contribution in [0.5, 0.6) is 0 Å². The SMILES string of the molecule is O=C(CSc1nncc2ccccc12)N1CCc2cc([N+](=O)[O-])ccc21. The summed E-state index contributed by atoms with van der Waals surface area (Å²) in [6.07, 6.45) is 2.33. The largest absolute Gasteiger partial charge is 0.311 e. The molecule has 0 radical (unpaired) electrons. The number of benzene rings is 2. The molecule has 1 aliphatic heterocycles. The van der Waals surface area contributed by atoms with Gasteiger partial charge in [0.15, 0.2) is 0 Å². The summed E-state index contributed by atoms with van der Waals surface area (Å²) in [6, 6.07) is 12.4. The van der Waals surface area contributed by atoms with E-state index in [9.17, 15) is 14.9 Å². The highest BCUT2D eigenvalue weighted by Gasteiger charge is 2.26. The Morgan fingerprint density at radius 3 is 2.96 bits per heavy atom. The molecule has 0 saturated heterocycles. The first-order chi connectivity index (χ1) is 12.6. The van der Waals surface area contributed by atoms with Gasteiger partial charge in [0.25, 0.3) is 5.69 Å². The number of rotatable bonds is 4. The fraction of sp³-hybridized carbons (Fsp3) is 0.167. The molecule has 0 N–H and O–H groups in total. The van der Waals surface area contributed by atoms with Crippen molar-refractivity contribution < 1.29 is 9.72 Å². The van der Waals surface area contributed by atoms with Gasteiger partial charge in [-0.2, -0.15) is 5.10 Å². The number of aromatic nitrogens is 2. The molecule has 0 saturated carbocycles. The molecule has 1 aliphatic rings. The van der Waals surface area contributed by atoms with Crippen molar-refractivity contribution in [2.24, 2.45) is 0 Å². The predicted octanol–water partition coefficient (Wildman–Crippen LogP) is 3.22. The van der Waals surface area contributed by atoms with Crippen LogP contribution < -0.4 is 4.90 Å². The van der Waals surface area contributed by atoms with E-state index in [1.54, 1.807) is 23.2 Å². The molecule has 3 aromatic rings. The maximum atomic E-state index is 12.7. The zero-order valence-corrected chi connectivity index (χ0v) is 14.5. The highest BCUT2D eigenvalue weighted by atomic mass is 32.2. The van der Waals surface area contributed by atoms with Gasteiger partial charge in [-0.05, 0) is 18.1 Å². The molecule has 0 bridgehead atoms. The van der Waals surface area contributed by atoms with Gasteiger partial charge in [-0.3, -0.25) is 14.9 Å². The molecule has 26 heavy (non-hydrogen) atoms. The molecule has 4 rings (SSSR count). The molecule has 0 aliphatic carbocycles. The molecule has 2 heterocycles. The first-order valence-corrected chi connectivity index (χ1v) is 9.03. The fourth-order valence-corrected chi connectivity index (χ4v) is 3.94. The summed E-state index contributed by atoms with van der Waals surface area (Å²) in [5, 5.41) is 21.7. The minimum absolute atomic E-state index is 0.0441. The molecule has 8 heteroatoms. The molecule has 0 atom stereocenters. The van der Waals surface area contributed by atoms with E-state index in [-0.39, 0.29) is 17.3 Å². The number of carbonyl (C=O) groups is 1. The number of hydrogen-bond donors (Lipinski definition) is 0. The summed E-state index contributed by atoms with van der Waals surface area (Å²) in [5.74, 6) is 0.191. The molecule has 0 unspecified atom stereocenters. The molecule has 2 aromatic carbocycles. The van der Waals surface area contributed by atoms with Crippen LogP contribution in [-0.2, 0) is 11.2 Å². The van der Waals surface area contributed by atoms with Crippen LogP contribution in [-0.4, -0.2) is 33.3 Å². The van der Waals surface area contributed by atoms with Crippen molar-refractivity contribution in [2.45, 2.75) is 11.4 Å². The third-order valence-corrected chi connectivity index (χ3v) is 5.31. The summed E-state index contributed by atoms with van der Waals surface area (Å²) in [5.41, 5.74) is 1.64. The van der Waals surface area contributed by atoms with Gasteiger partial charge in [0.1, 0.15) is 5.03 Å². The predicted molar refractivity (Wildman–Crippen MR) is 99.4 cm³/mol. The molecule has 130 valence electrons. The lowest BCUT2D eigenvalue weighted by atomic mass is 10.1. The van der Waals surface area contributed by atoms with Gasteiger partial charge in [0.2, 0.25) is 5.91 Å². The summed E-state index contributed by atoms with van der Waals surface area (Å²) < 4.78 is 0. The van der Waals surface area contributed by atoms with Crippen molar-refractivity contribution in [1.29, 1.82) is 0 Å². The number of nitro benzene ring substituents is 1. The molecule has 1 amide bonds. The Morgan fingerprint density at radius 1 is 1.27 bits per heavy atom. The minimum Gasteiger partial charge on any atom is -0.311 e. The van der Waals surface area contributed by atoms with Crippen molar-refractivity contribution in [3.63, 3.8) is 0 Å². The zero-order chi connectivity index (χ0) is 18.1. The molecule has 1 aromatic heterocycles. The summed E-state index contributed by atoms with van der Waals surface area (Å²) in [7, 11) is 0. The standard InChI is InChI=1S/C18H14N4O3S/c23-17(11-26-18-15-4-2-1-3-13(15)10-19-20-18)21-8-7-12-9-14(22(24)25)5-6-16(12)21/h1-6,9-10H,7-8,11H2. The maximum absolute atomic E-state index is 12.7. The zero-order valence-electron chi connectivity index (χ0n) is 13.7. The van der Waals surface area contributed by atoms with E-state index < -0.39 is 4.92 Å². The van der Waals surface area contributed by atoms with Crippen molar-refractivity contribution in [1.82, 2.24) is 10.2 Å². The van der Waals surface area contributed by atoms with E-state index in [4.69, 9.17) is 0 Å². The second-order valence-electron chi connectivity index (χ2n) is 5.89. The number of nitro groups is 1. The van der Waals surface area contributed by atoms with Gasteiger partial charge in [-0.15, -0.1) is 5.10 Å². The average Bonchev–Trinajstić information content (AvgIpc) is 3.09.